The van der Waals surface area contributed by atoms with Crippen LogP contribution in [0.5, 0.6) is 0 Å². The van der Waals surface area contributed by atoms with E-state index in [0.29, 0.717) is 6.42 Å². The fourth-order valence-corrected chi connectivity index (χ4v) is 4.17. The van der Waals surface area contributed by atoms with Crippen LogP contribution < -0.4 is 0 Å². The molecule has 0 fully saturated rings. The Morgan fingerprint density at radius 1 is 0.560 bits per heavy atom. The second-order valence-corrected chi connectivity index (χ2v) is 8.33. The van der Waals surface area contributed by atoms with Gasteiger partial charge in [-0.15, -0.1) is 0 Å². The molecule has 0 spiro atoms. The average Bonchev–Trinajstić information content (AvgIpc) is 2.64. The van der Waals surface area contributed by atoms with Crippen molar-refractivity contribution in [3.8, 4) is 0 Å². The fraction of sp³-hybridized carbons (Fsp3) is 0.143. The van der Waals surface area contributed by atoms with Crippen LogP contribution in [-0.2, 0) is 5.41 Å². The summed E-state index contributed by atoms with van der Waals surface area (Å²) in [7, 11) is -4.17. The Labute approximate surface area is 148 Å². The summed E-state index contributed by atoms with van der Waals surface area (Å²) < 4.78 is 0. The van der Waals surface area contributed by atoms with Gasteiger partial charge >= 0.3 is 148 Å². The van der Waals surface area contributed by atoms with E-state index in [2.05, 4.69) is 36.4 Å². The van der Waals surface area contributed by atoms with Crippen molar-refractivity contribution >= 4 is 7.94 Å². The predicted octanol–water partition coefficient (Wildman–Crippen LogP) is 3.88. The van der Waals surface area contributed by atoms with Crippen LogP contribution in [0.3, 0.4) is 0 Å². The molecular formula is C21H23O3P. The zero-order valence-corrected chi connectivity index (χ0v) is 14.9. The summed E-state index contributed by atoms with van der Waals surface area (Å²) in [5.41, 5.74) is 2.62. The number of rotatable bonds is 6. The Bertz CT molecular complexity index is 687. The average molecular weight is 354 g/mol. The van der Waals surface area contributed by atoms with Crippen molar-refractivity contribution in [3.05, 3.63) is 108 Å². The molecule has 0 heterocycles. The first-order valence-corrected chi connectivity index (χ1v) is 10.4. The molecule has 0 aromatic heterocycles. The van der Waals surface area contributed by atoms with E-state index >= 15 is 0 Å². The Kier molecular flexibility index (Phi) is 5.31. The quantitative estimate of drug-likeness (QED) is 0.465. The van der Waals surface area contributed by atoms with E-state index in [1.165, 1.54) is 0 Å². The van der Waals surface area contributed by atoms with Gasteiger partial charge in [-0.05, 0) is 0 Å². The van der Waals surface area contributed by atoms with Gasteiger partial charge in [0.05, 0.1) is 0 Å². The van der Waals surface area contributed by atoms with Crippen molar-refractivity contribution in [2.75, 3.05) is 6.16 Å². The predicted molar refractivity (Wildman–Crippen MR) is 104 cm³/mol. The number of hydrogen-bond acceptors (Lipinski definition) is 3. The van der Waals surface area contributed by atoms with Crippen molar-refractivity contribution in [1.29, 1.82) is 0 Å². The van der Waals surface area contributed by atoms with Gasteiger partial charge in [0.2, 0.25) is 0 Å². The number of hydrogen-bond donors (Lipinski definition) is 3. The van der Waals surface area contributed by atoms with Gasteiger partial charge in [-0.3, -0.25) is 0 Å². The standard InChI is InChI=1S/C21H23O3P/c22-25(23,24)17-16-21(18-10-4-1-5-11-18,19-12-6-2-7-13-19)20-14-8-3-9-15-20/h1-15,22-25H,16-17H2. The minimum absolute atomic E-state index is 0.0360. The maximum atomic E-state index is 9.67. The second-order valence-electron chi connectivity index (χ2n) is 6.28. The van der Waals surface area contributed by atoms with Gasteiger partial charge in [0.1, 0.15) is 0 Å². The first-order valence-electron chi connectivity index (χ1n) is 8.36. The van der Waals surface area contributed by atoms with Gasteiger partial charge in [0.15, 0.2) is 0 Å². The van der Waals surface area contributed by atoms with Gasteiger partial charge in [-0.2, -0.15) is 0 Å². The summed E-state index contributed by atoms with van der Waals surface area (Å²) in [6.07, 6.45) is 0.368. The van der Waals surface area contributed by atoms with E-state index in [1.807, 2.05) is 54.6 Å². The van der Waals surface area contributed by atoms with Crippen molar-refractivity contribution in [3.63, 3.8) is 0 Å². The third kappa shape index (κ3) is 3.97. The monoisotopic (exact) mass is 354 g/mol. The summed E-state index contributed by atoms with van der Waals surface area (Å²) in [6, 6.07) is 30.1. The molecule has 3 rings (SSSR count). The molecule has 0 amide bonds. The molecule has 0 saturated carbocycles. The molecule has 130 valence electrons. The van der Waals surface area contributed by atoms with Gasteiger partial charge in [0, 0.05) is 0 Å². The first kappa shape index (κ1) is 17.8. The third-order valence-corrected chi connectivity index (χ3v) is 5.56. The van der Waals surface area contributed by atoms with Crippen LogP contribution in [0.4, 0.5) is 0 Å². The second kappa shape index (κ2) is 7.47. The van der Waals surface area contributed by atoms with E-state index in [4.69, 9.17) is 0 Å². The van der Waals surface area contributed by atoms with Crippen molar-refractivity contribution < 1.29 is 14.7 Å². The van der Waals surface area contributed by atoms with Crippen LogP contribution in [-0.4, -0.2) is 20.8 Å². The van der Waals surface area contributed by atoms with Crippen LogP contribution in [0.1, 0.15) is 23.1 Å². The van der Waals surface area contributed by atoms with E-state index < -0.39 is 13.4 Å². The molecule has 0 atom stereocenters. The van der Waals surface area contributed by atoms with Gasteiger partial charge in [-0.1, -0.05) is 0 Å². The van der Waals surface area contributed by atoms with Crippen LogP contribution >= 0.6 is 7.94 Å². The summed E-state index contributed by atoms with van der Waals surface area (Å²) in [5, 5.41) is 0. The van der Waals surface area contributed by atoms with Crippen LogP contribution in [0.25, 0.3) is 0 Å². The number of benzene rings is 3. The fourth-order valence-electron chi connectivity index (χ4n) is 3.46. The van der Waals surface area contributed by atoms with Crippen LogP contribution in [0.15, 0.2) is 91.0 Å². The normalized spacial score (nSPS) is 12.8. The minimum atomic E-state index is -4.17. The Balaban J connectivity index is 2.24. The first-order chi connectivity index (χ1) is 12.0. The Morgan fingerprint density at radius 3 is 1.16 bits per heavy atom. The molecule has 0 aliphatic rings. The Hall–Kier alpha value is -2.03. The van der Waals surface area contributed by atoms with Gasteiger partial charge in [-0.25, -0.2) is 0 Å². The molecular weight excluding hydrogens is 331 g/mol. The van der Waals surface area contributed by atoms with Crippen LogP contribution in [0, 0.1) is 0 Å². The van der Waals surface area contributed by atoms with Gasteiger partial charge < -0.3 is 0 Å². The summed E-state index contributed by atoms with van der Waals surface area (Å²) in [4.78, 5) is 29.0. The molecule has 0 saturated heterocycles. The van der Waals surface area contributed by atoms with Crippen molar-refractivity contribution in [2.24, 2.45) is 0 Å². The maximum absolute atomic E-state index is 9.67. The molecule has 0 aliphatic carbocycles. The van der Waals surface area contributed by atoms with Crippen molar-refractivity contribution in [2.45, 2.75) is 11.8 Å². The van der Waals surface area contributed by atoms with Gasteiger partial charge in [0.25, 0.3) is 0 Å². The molecule has 4 heteroatoms. The van der Waals surface area contributed by atoms with E-state index in [9.17, 15) is 14.7 Å². The molecule has 0 radical (unpaired) electrons. The molecule has 3 aromatic rings. The molecule has 3 N–H and O–H groups in total. The summed E-state index contributed by atoms with van der Waals surface area (Å²) in [6.45, 7) is 0. The molecule has 3 aromatic carbocycles. The summed E-state index contributed by atoms with van der Waals surface area (Å²) >= 11 is 0. The van der Waals surface area contributed by atoms with E-state index in [0.717, 1.165) is 16.7 Å². The molecule has 0 unspecified atom stereocenters. The molecule has 0 bridgehead atoms. The van der Waals surface area contributed by atoms with E-state index in [-0.39, 0.29) is 6.16 Å². The van der Waals surface area contributed by atoms with Crippen LogP contribution in [0.2, 0.25) is 0 Å². The molecule has 25 heavy (non-hydrogen) atoms. The molecule has 3 nitrogen and oxygen atoms in total. The topological polar surface area (TPSA) is 60.7 Å². The zero-order chi connectivity index (χ0) is 17.8. The summed E-state index contributed by atoms with van der Waals surface area (Å²) in [5.74, 6) is 0. The van der Waals surface area contributed by atoms with Crippen molar-refractivity contribution in [1.82, 2.24) is 0 Å². The SMILES string of the molecule is O[PH](O)(O)CCC(c1ccccc1)(c1ccccc1)c1ccccc1. The third-order valence-electron chi connectivity index (χ3n) is 4.64. The van der Waals surface area contributed by atoms with E-state index in [1.54, 1.807) is 0 Å². The Morgan fingerprint density at radius 2 is 0.880 bits per heavy atom. The zero-order valence-electron chi connectivity index (χ0n) is 13.9. The molecule has 0 aliphatic heterocycles.